The van der Waals surface area contributed by atoms with Crippen LogP contribution in [0.4, 0.5) is 5.69 Å². The van der Waals surface area contributed by atoms with Gasteiger partial charge in [0.2, 0.25) is 5.91 Å². The number of carbonyl (C=O) groups is 3. The molecule has 7 heteroatoms. The first-order valence-corrected chi connectivity index (χ1v) is 8.53. The van der Waals surface area contributed by atoms with E-state index in [4.69, 9.17) is 15.2 Å². The van der Waals surface area contributed by atoms with Gasteiger partial charge in [-0.2, -0.15) is 0 Å². The largest absolute Gasteiger partial charge is 0.479 e. The molecule has 0 aliphatic heterocycles. The van der Waals surface area contributed by atoms with Crippen LogP contribution in [-0.2, 0) is 14.3 Å². The van der Waals surface area contributed by atoms with Gasteiger partial charge in [0.1, 0.15) is 5.75 Å². The van der Waals surface area contributed by atoms with Gasteiger partial charge in [-0.3, -0.25) is 9.59 Å². The van der Waals surface area contributed by atoms with E-state index < -0.39 is 30.0 Å². The Hall–Kier alpha value is -3.35. The lowest BCUT2D eigenvalue weighted by molar-refractivity contribution is -0.160. The number of rotatable bonds is 8. The number of nitrogens with two attached hydrogens (primary N) is 1. The Labute approximate surface area is 157 Å². The maximum atomic E-state index is 12.3. The predicted octanol–water partition coefficient (Wildman–Crippen LogP) is 2.51. The minimum absolute atomic E-state index is 0.330. The third-order valence-electron chi connectivity index (χ3n) is 3.75. The smallest absolute Gasteiger partial charge is 0.348 e. The zero-order valence-electron chi connectivity index (χ0n) is 15.2. The molecule has 0 bridgehead atoms. The molecular formula is C20H22N2O5. The zero-order valence-corrected chi connectivity index (χ0v) is 15.2. The van der Waals surface area contributed by atoms with Gasteiger partial charge in [-0.1, -0.05) is 25.1 Å². The number of nitrogens with one attached hydrogen (secondary N) is 1. The van der Waals surface area contributed by atoms with Crippen molar-refractivity contribution in [2.24, 2.45) is 5.73 Å². The van der Waals surface area contributed by atoms with E-state index in [-0.39, 0.29) is 0 Å². The number of primary amides is 1. The standard InChI is InChI=1S/C20H22N2O5/c1-3-17(27-16-7-5-4-6-8-16)20(25)26-13(2)19(24)22-15-11-9-14(10-12-15)18(21)23/h4-13,17H,3H2,1-2H3,(H2,21,23)(H,22,24)/t13-,17-/m1/s1. The SMILES string of the molecule is CC[C@@H](Oc1ccccc1)C(=O)O[C@H](C)C(=O)Nc1ccc(C(N)=O)cc1. The summed E-state index contributed by atoms with van der Waals surface area (Å²) in [5.41, 5.74) is 5.96. The van der Waals surface area contributed by atoms with Crippen LogP contribution >= 0.6 is 0 Å². The van der Waals surface area contributed by atoms with E-state index in [1.807, 2.05) is 6.07 Å². The van der Waals surface area contributed by atoms with Crippen molar-refractivity contribution in [3.63, 3.8) is 0 Å². The molecule has 0 heterocycles. The van der Waals surface area contributed by atoms with Gasteiger partial charge in [-0.25, -0.2) is 4.79 Å². The molecule has 7 nitrogen and oxygen atoms in total. The van der Waals surface area contributed by atoms with Gasteiger partial charge in [0.05, 0.1) is 0 Å². The topological polar surface area (TPSA) is 108 Å². The van der Waals surface area contributed by atoms with Gasteiger partial charge in [0.15, 0.2) is 12.2 Å². The first-order valence-electron chi connectivity index (χ1n) is 8.53. The highest BCUT2D eigenvalue weighted by Gasteiger charge is 2.25. The molecule has 0 spiro atoms. The number of para-hydroxylation sites is 1. The van der Waals surface area contributed by atoms with Gasteiger partial charge in [-0.05, 0) is 49.7 Å². The zero-order chi connectivity index (χ0) is 19.8. The summed E-state index contributed by atoms with van der Waals surface area (Å²) < 4.78 is 10.8. The molecule has 0 fully saturated rings. The Bertz CT molecular complexity index is 790. The van der Waals surface area contributed by atoms with Crippen LogP contribution in [0.5, 0.6) is 5.75 Å². The number of amides is 2. The van der Waals surface area contributed by atoms with Crippen LogP contribution in [0.25, 0.3) is 0 Å². The highest BCUT2D eigenvalue weighted by molar-refractivity contribution is 5.96. The monoisotopic (exact) mass is 370 g/mol. The summed E-state index contributed by atoms with van der Waals surface area (Å²) in [5.74, 6) is -1.12. The summed E-state index contributed by atoms with van der Waals surface area (Å²) in [5, 5.41) is 2.61. The van der Waals surface area contributed by atoms with Crippen molar-refractivity contribution < 1.29 is 23.9 Å². The predicted molar refractivity (Wildman–Crippen MR) is 100 cm³/mol. The number of hydrogen-bond donors (Lipinski definition) is 2. The van der Waals surface area contributed by atoms with Gasteiger partial charge in [0.25, 0.3) is 5.91 Å². The van der Waals surface area contributed by atoms with Crippen LogP contribution in [0.3, 0.4) is 0 Å². The molecule has 27 heavy (non-hydrogen) atoms. The van der Waals surface area contributed by atoms with Gasteiger partial charge < -0.3 is 20.5 Å². The fourth-order valence-electron chi connectivity index (χ4n) is 2.23. The lowest BCUT2D eigenvalue weighted by Crippen LogP contribution is -2.36. The summed E-state index contributed by atoms with van der Waals surface area (Å²) in [6, 6.07) is 15.0. The van der Waals surface area contributed by atoms with Crippen molar-refractivity contribution in [2.75, 3.05) is 5.32 Å². The fourth-order valence-corrected chi connectivity index (χ4v) is 2.23. The molecule has 2 rings (SSSR count). The fraction of sp³-hybridized carbons (Fsp3) is 0.250. The number of benzene rings is 2. The Kier molecular flexibility index (Phi) is 6.93. The maximum Gasteiger partial charge on any atom is 0.348 e. The third-order valence-corrected chi connectivity index (χ3v) is 3.75. The summed E-state index contributed by atoms with van der Waals surface area (Å²) in [6.45, 7) is 3.26. The molecule has 2 aromatic rings. The number of esters is 1. The van der Waals surface area contributed by atoms with E-state index >= 15 is 0 Å². The molecule has 0 aliphatic carbocycles. The van der Waals surface area contributed by atoms with Crippen LogP contribution in [0.2, 0.25) is 0 Å². The summed E-state index contributed by atoms with van der Waals surface area (Å²) in [6.07, 6.45) is -1.42. The average Bonchev–Trinajstić information content (AvgIpc) is 2.67. The molecule has 0 aliphatic rings. The normalized spacial score (nSPS) is 12.5. The second kappa shape index (κ2) is 9.38. The van der Waals surface area contributed by atoms with Crippen LogP contribution in [0, 0.1) is 0 Å². The quantitative estimate of drug-likeness (QED) is 0.694. The van der Waals surface area contributed by atoms with Crippen LogP contribution in [-0.4, -0.2) is 30.0 Å². The van der Waals surface area contributed by atoms with Crippen molar-refractivity contribution in [2.45, 2.75) is 32.5 Å². The van der Waals surface area contributed by atoms with Crippen molar-refractivity contribution in [1.29, 1.82) is 0 Å². The Morgan fingerprint density at radius 2 is 1.67 bits per heavy atom. The number of anilines is 1. The lowest BCUT2D eigenvalue weighted by Gasteiger charge is -2.19. The van der Waals surface area contributed by atoms with Crippen molar-refractivity contribution in [3.8, 4) is 5.75 Å². The van der Waals surface area contributed by atoms with Gasteiger partial charge in [-0.15, -0.1) is 0 Å². The number of carbonyl (C=O) groups excluding carboxylic acids is 3. The van der Waals surface area contributed by atoms with Crippen LogP contribution in [0.1, 0.15) is 30.6 Å². The minimum Gasteiger partial charge on any atom is -0.479 e. The average molecular weight is 370 g/mol. The highest BCUT2D eigenvalue weighted by Crippen LogP contribution is 2.15. The Balaban J connectivity index is 1.91. The van der Waals surface area contributed by atoms with Crippen molar-refractivity contribution in [1.82, 2.24) is 0 Å². The van der Waals surface area contributed by atoms with Gasteiger partial charge in [0, 0.05) is 11.3 Å². The first kappa shape index (κ1) is 20.0. The van der Waals surface area contributed by atoms with Crippen molar-refractivity contribution in [3.05, 3.63) is 60.2 Å². The molecule has 0 saturated carbocycles. The van der Waals surface area contributed by atoms with Crippen molar-refractivity contribution >= 4 is 23.5 Å². The molecule has 2 amide bonds. The Morgan fingerprint density at radius 3 is 2.22 bits per heavy atom. The second-order valence-corrected chi connectivity index (χ2v) is 5.84. The molecular weight excluding hydrogens is 348 g/mol. The molecule has 0 radical (unpaired) electrons. The number of hydrogen-bond acceptors (Lipinski definition) is 5. The van der Waals surface area contributed by atoms with E-state index in [2.05, 4.69) is 5.32 Å². The lowest BCUT2D eigenvalue weighted by atomic mass is 10.2. The molecule has 0 unspecified atom stereocenters. The molecule has 2 atom stereocenters. The van der Waals surface area contributed by atoms with E-state index in [1.165, 1.54) is 19.1 Å². The summed E-state index contributed by atoms with van der Waals surface area (Å²) >= 11 is 0. The van der Waals surface area contributed by atoms with E-state index in [0.717, 1.165) is 0 Å². The summed E-state index contributed by atoms with van der Waals surface area (Å²) in [7, 11) is 0. The first-order chi connectivity index (χ1) is 12.9. The van der Waals surface area contributed by atoms with E-state index in [1.54, 1.807) is 43.3 Å². The number of ether oxygens (including phenoxy) is 2. The molecule has 0 saturated heterocycles. The second-order valence-electron chi connectivity index (χ2n) is 5.84. The highest BCUT2D eigenvalue weighted by atomic mass is 16.6. The molecule has 3 N–H and O–H groups in total. The summed E-state index contributed by atoms with van der Waals surface area (Å²) in [4.78, 5) is 35.6. The maximum absolute atomic E-state index is 12.3. The van der Waals surface area contributed by atoms with Gasteiger partial charge >= 0.3 is 5.97 Å². The van der Waals surface area contributed by atoms with Crippen LogP contribution < -0.4 is 15.8 Å². The van der Waals surface area contributed by atoms with E-state index in [0.29, 0.717) is 23.4 Å². The minimum atomic E-state index is -1.01. The third kappa shape index (κ3) is 5.85. The van der Waals surface area contributed by atoms with Crippen LogP contribution in [0.15, 0.2) is 54.6 Å². The Morgan fingerprint density at radius 1 is 1.04 bits per heavy atom. The van der Waals surface area contributed by atoms with E-state index in [9.17, 15) is 14.4 Å². The molecule has 0 aromatic heterocycles. The molecule has 142 valence electrons. The molecule has 2 aromatic carbocycles.